The molecule has 3 rings (SSSR count). The number of nitrogens with zero attached hydrogens (tertiary/aromatic N) is 4. The first-order valence-corrected chi connectivity index (χ1v) is 7.90. The molecule has 3 aromatic rings. The number of aromatic nitrogens is 4. The lowest BCUT2D eigenvalue weighted by atomic mass is 10.1. The first-order chi connectivity index (χ1) is 12.8. The van der Waals surface area contributed by atoms with Gasteiger partial charge in [0.2, 0.25) is 5.91 Å². The molecule has 2 N–H and O–H groups in total. The number of nitrogens with one attached hydrogen (secondary N) is 2. The van der Waals surface area contributed by atoms with Crippen LogP contribution in [0.1, 0.15) is 18.3 Å². The van der Waals surface area contributed by atoms with E-state index in [4.69, 9.17) is 0 Å². The van der Waals surface area contributed by atoms with E-state index in [0.29, 0.717) is 11.5 Å². The molecule has 0 aliphatic rings. The molecule has 1 aromatic heterocycles. The maximum Gasteiger partial charge on any atom is 0.418 e. The van der Waals surface area contributed by atoms with Crippen LogP contribution in [0.4, 0.5) is 24.5 Å². The first kappa shape index (κ1) is 18.4. The molecule has 1 amide bonds. The van der Waals surface area contributed by atoms with E-state index in [2.05, 4.69) is 26.2 Å². The molecule has 2 aromatic carbocycles. The maximum absolute atomic E-state index is 13.4. The summed E-state index contributed by atoms with van der Waals surface area (Å²) >= 11 is 0. The van der Waals surface area contributed by atoms with Gasteiger partial charge in [-0.1, -0.05) is 18.2 Å². The lowest BCUT2D eigenvalue weighted by molar-refractivity contribution is -0.137. The lowest BCUT2D eigenvalue weighted by Gasteiger charge is -2.16. The lowest BCUT2D eigenvalue weighted by Crippen LogP contribution is -2.14. The van der Waals surface area contributed by atoms with Crippen LogP contribution in [0.15, 0.2) is 48.5 Å². The minimum atomic E-state index is -4.60. The van der Waals surface area contributed by atoms with Gasteiger partial charge in [0.25, 0.3) is 0 Å². The second-order valence-corrected chi connectivity index (χ2v) is 5.64. The summed E-state index contributed by atoms with van der Waals surface area (Å²) in [5.41, 5.74) is -0.280. The zero-order chi connectivity index (χ0) is 19.4. The zero-order valence-corrected chi connectivity index (χ0v) is 14.2. The van der Waals surface area contributed by atoms with Crippen molar-refractivity contribution in [3.8, 4) is 5.69 Å². The molecule has 0 fully saturated rings. The fourth-order valence-electron chi connectivity index (χ4n) is 2.47. The smallest absolute Gasteiger partial charge is 0.377 e. The first-order valence-electron chi connectivity index (χ1n) is 7.90. The average molecular weight is 376 g/mol. The van der Waals surface area contributed by atoms with Crippen LogP contribution in [0, 0.1) is 0 Å². The largest absolute Gasteiger partial charge is 0.418 e. The standard InChI is InChI=1S/C17H15F3N6O/c1-11(27)22-12-7-8-15(14(9-12)17(18,19)20)21-10-16-23-24-25-26(16)13-5-3-2-4-6-13/h2-9,21H,10H2,1H3,(H,22,27). The van der Waals surface area contributed by atoms with Crippen LogP contribution < -0.4 is 10.6 Å². The molecule has 0 radical (unpaired) electrons. The van der Waals surface area contributed by atoms with Crippen LogP contribution in [-0.2, 0) is 17.5 Å². The van der Waals surface area contributed by atoms with Crippen molar-refractivity contribution < 1.29 is 18.0 Å². The van der Waals surface area contributed by atoms with Crippen molar-refractivity contribution in [1.29, 1.82) is 0 Å². The molecule has 0 unspecified atom stereocenters. The van der Waals surface area contributed by atoms with Crippen LogP contribution in [0.25, 0.3) is 5.69 Å². The summed E-state index contributed by atoms with van der Waals surface area (Å²) < 4.78 is 41.6. The van der Waals surface area contributed by atoms with Crippen molar-refractivity contribution in [2.75, 3.05) is 10.6 Å². The SMILES string of the molecule is CC(=O)Nc1ccc(NCc2nnnn2-c2ccccc2)c(C(F)(F)F)c1. The topological polar surface area (TPSA) is 84.7 Å². The highest BCUT2D eigenvalue weighted by Crippen LogP contribution is 2.36. The number of carbonyl (C=O) groups is 1. The van der Waals surface area contributed by atoms with Gasteiger partial charge in [-0.25, -0.2) is 0 Å². The van der Waals surface area contributed by atoms with Crippen molar-refractivity contribution in [3.05, 3.63) is 59.9 Å². The average Bonchev–Trinajstić information content (AvgIpc) is 3.08. The van der Waals surface area contributed by atoms with E-state index in [0.717, 1.165) is 6.07 Å². The number of alkyl halides is 3. The van der Waals surface area contributed by atoms with E-state index in [1.54, 1.807) is 24.3 Å². The Morgan fingerprint density at radius 2 is 1.89 bits per heavy atom. The minimum absolute atomic E-state index is 0.0234. The molecular weight excluding hydrogens is 361 g/mol. The molecule has 7 nitrogen and oxygen atoms in total. The number of hydrogen-bond donors (Lipinski definition) is 2. The normalized spacial score (nSPS) is 11.3. The molecule has 140 valence electrons. The molecule has 0 bridgehead atoms. The van der Waals surface area contributed by atoms with Gasteiger partial charge in [-0.3, -0.25) is 4.79 Å². The van der Waals surface area contributed by atoms with Crippen LogP contribution in [0.5, 0.6) is 0 Å². The fraction of sp³-hybridized carbons (Fsp3) is 0.176. The number of amides is 1. The van der Waals surface area contributed by atoms with Gasteiger partial charge in [-0.05, 0) is 40.8 Å². The number of tetrazole rings is 1. The third kappa shape index (κ3) is 4.40. The Bertz CT molecular complexity index is 939. The van der Waals surface area contributed by atoms with Crippen molar-refractivity contribution in [2.24, 2.45) is 0 Å². The third-order valence-corrected chi connectivity index (χ3v) is 3.62. The maximum atomic E-state index is 13.4. The number of anilines is 2. The number of halogens is 3. The van der Waals surface area contributed by atoms with E-state index in [1.807, 2.05) is 6.07 Å². The summed E-state index contributed by atoms with van der Waals surface area (Å²) in [6.07, 6.45) is -4.60. The Balaban J connectivity index is 1.85. The Kier molecular flexibility index (Phi) is 5.06. The number of para-hydroxylation sites is 1. The van der Waals surface area contributed by atoms with E-state index in [-0.39, 0.29) is 17.9 Å². The number of benzene rings is 2. The van der Waals surface area contributed by atoms with Gasteiger partial charge in [-0.15, -0.1) is 5.10 Å². The van der Waals surface area contributed by atoms with Gasteiger partial charge in [0.15, 0.2) is 5.82 Å². The van der Waals surface area contributed by atoms with Gasteiger partial charge >= 0.3 is 6.18 Å². The second-order valence-electron chi connectivity index (χ2n) is 5.64. The van der Waals surface area contributed by atoms with Crippen molar-refractivity contribution in [1.82, 2.24) is 20.2 Å². The molecule has 1 heterocycles. The van der Waals surface area contributed by atoms with E-state index in [1.165, 1.54) is 23.7 Å². The van der Waals surface area contributed by atoms with Gasteiger partial charge in [0, 0.05) is 18.3 Å². The summed E-state index contributed by atoms with van der Waals surface area (Å²) in [5, 5.41) is 16.4. The van der Waals surface area contributed by atoms with Crippen molar-refractivity contribution >= 4 is 17.3 Å². The molecule has 0 spiro atoms. The van der Waals surface area contributed by atoms with Gasteiger partial charge in [-0.2, -0.15) is 17.9 Å². The predicted molar refractivity (Wildman–Crippen MR) is 92.2 cm³/mol. The summed E-state index contributed by atoms with van der Waals surface area (Å²) in [5.74, 6) is -0.105. The summed E-state index contributed by atoms with van der Waals surface area (Å²) in [6, 6.07) is 12.5. The molecule has 0 saturated carbocycles. The zero-order valence-electron chi connectivity index (χ0n) is 14.2. The Morgan fingerprint density at radius 3 is 2.56 bits per heavy atom. The quantitative estimate of drug-likeness (QED) is 0.714. The van der Waals surface area contributed by atoms with E-state index in [9.17, 15) is 18.0 Å². The Hall–Kier alpha value is -3.43. The number of rotatable bonds is 5. The highest BCUT2D eigenvalue weighted by molar-refractivity contribution is 5.89. The van der Waals surface area contributed by atoms with Crippen molar-refractivity contribution in [2.45, 2.75) is 19.6 Å². The van der Waals surface area contributed by atoms with Gasteiger partial charge in [0.1, 0.15) is 0 Å². The Labute approximate surface area is 152 Å². The summed E-state index contributed by atoms with van der Waals surface area (Å²) in [4.78, 5) is 11.1. The highest BCUT2D eigenvalue weighted by atomic mass is 19.4. The molecule has 0 atom stereocenters. The van der Waals surface area contributed by atoms with Crippen LogP contribution in [-0.4, -0.2) is 26.1 Å². The van der Waals surface area contributed by atoms with Gasteiger partial charge in [0.05, 0.1) is 17.8 Å². The minimum Gasteiger partial charge on any atom is -0.377 e. The number of carbonyl (C=O) groups excluding carboxylic acids is 1. The summed E-state index contributed by atoms with van der Waals surface area (Å²) in [7, 11) is 0. The monoisotopic (exact) mass is 376 g/mol. The molecule has 27 heavy (non-hydrogen) atoms. The van der Waals surface area contributed by atoms with E-state index < -0.39 is 17.6 Å². The van der Waals surface area contributed by atoms with Crippen molar-refractivity contribution in [3.63, 3.8) is 0 Å². The third-order valence-electron chi connectivity index (χ3n) is 3.62. The van der Waals surface area contributed by atoms with Crippen LogP contribution >= 0.6 is 0 Å². The molecule has 0 aliphatic carbocycles. The molecular formula is C17H15F3N6O. The number of hydrogen-bond acceptors (Lipinski definition) is 5. The highest BCUT2D eigenvalue weighted by Gasteiger charge is 2.34. The summed E-state index contributed by atoms with van der Waals surface area (Å²) in [6.45, 7) is 1.20. The molecule has 0 aliphatic heterocycles. The second kappa shape index (κ2) is 7.44. The van der Waals surface area contributed by atoms with Crippen LogP contribution in [0.3, 0.4) is 0 Å². The predicted octanol–water partition coefficient (Wildman–Crippen LogP) is 3.25. The Morgan fingerprint density at radius 1 is 1.15 bits per heavy atom. The molecule has 10 heteroatoms. The molecule has 0 saturated heterocycles. The van der Waals surface area contributed by atoms with Gasteiger partial charge < -0.3 is 10.6 Å². The fourth-order valence-corrected chi connectivity index (χ4v) is 2.47. The van der Waals surface area contributed by atoms with E-state index >= 15 is 0 Å². The van der Waals surface area contributed by atoms with Crippen LogP contribution in [0.2, 0.25) is 0 Å².